The maximum Gasteiger partial charge on any atom is 0.219 e. The summed E-state index contributed by atoms with van der Waals surface area (Å²) < 4.78 is 2.12. The SMILES string of the molecule is CC(=O)N(CCCCn1cnc2c(N)nc3ccccc3c21)Cc1cc(Cl)cc(Cl)c1. The van der Waals surface area contributed by atoms with Gasteiger partial charge in [0.2, 0.25) is 5.91 Å². The fourth-order valence-corrected chi connectivity index (χ4v) is 4.40. The Bertz CT molecular complexity index is 1230. The van der Waals surface area contributed by atoms with E-state index in [-0.39, 0.29) is 5.91 Å². The van der Waals surface area contributed by atoms with E-state index in [1.54, 1.807) is 13.0 Å². The molecule has 0 radical (unpaired) electrons. The second-order valence-electron chi connectivity index (χ2n) is 7.57. The maximum absolute atomic E-state index is 12.1. The lowest BCUT2D eigenvalue weighted by Crippen LogP contribution is -2.29. The van der Waals surface area contributed by atoms with Crippen LogP contribution in [-0.2, 0) is 17.9 Å². The molecule has 4 rings (SSSR count). The highest BCUT2D eigenvalue weighted by atomic mass is 35.5. The Kier molecular flexibility index (Phi) is 6.30. The van der Waals surface area contributed by atoms with E-state index in [1.165, 1.54) is 0 Å². The van der Waals surface area contributed by atoms with E-state index in [1.807, 2.05) is 47.6 Å². The van der Waals surface area contributed by atoms with E-state index >= 15 is 0 Å². The van der Waals surface area contributed by atoms with Crippen LogP contribution in [0.4, 0.5) is 5.82 Å². The summed E-state index contributed by atoms with van der Waals surface area (Å²) in [4.78, 5) is 22.9. The normalized spacial score (nSPS) is 11.3. The van der Waals surface area contributed by atoms with Crippen molar-refractivity contribution in [2.24, 2.45) is 0 Å². The van der Waals surface area contributed by atoms with Gasteiger partial charge in [0.05, 0.1) is 17.4 Å². The summed E-state index contributed by atoms with van der Waals surface area (Å²) in [5.74, 6) is 0.462. The van der Waals surface area contributed by atoms with Crippen LogP contribution < -0.4 is 5.73 Å². The van der Waals surface area contributed by atoms with Crippen molar-refractivity contribution in [2.75, 3.05) is 12.3 Å². The Labute approximate surface area is 190 Å². The van der Waals surface area contributed by atoms with E-state index in [2.05, 4.69) is 14.5 Å². The van der Waals surface area contributed by atoms with E-state index in [9.17, 15) is 4.79 Å². The second kappa shape index (κ2) is 9.12. The van der Waals surface area contributed by atoms with Crippen molar-refractivity contribution in [2.45, 2.75) is 32.9 Å². The minimum absolute atomic E-state index is 0.0222. The Morgan fingerprint density at radius 3 is 2.61 bits per heavy atom. The lowest BCUT2D eigenvalue weighted by atomic mass is 10.1. The average molecular weight is 456 g/mol. The monoisotopic (exact) mass is 455 g/mol. The third-order valence-corrected chi connectivity index (χ3v) is 5.74. The number of imidazole rings is 1. The molecule has 0 bridgehead atoms. The van der Waals surface area contributed by atoms with E-state index in [0.29, 0.717) is 29.0 Å². The lowest BCUT2D eigenvalue weighted by molar-refractivity contribution is -0.129. The fraction of sp³-hybridized carbons (Fsp3) is 0.261. The van der Waals surface area contributed by atoms with Crippen LogP contribution in [0.25, 0.3) is 21.9 Å². The van der Waals surface area contributed by atoms with Gasteiger partial charge in [-0.25, -0.2) is 9.97 Å². The molecule has 0 aliphatic rings. The van der Waals surface area contributed by atoms with Crippen molar-refractivity contribution in [3.05, 3.63) is 64.4 Å². The van der Waals surface area contributed by atoms with Crippen LogP contribution in [0.3, 0.4) is 0 Å². The largest absolute Gasteiger partial charge is 0.382 e. The fourth-order valence-electron chi connectivity index (χ4n) is 3.83. The first kappa shape index (κ1) is 21.4. The Hall–Kier alpha value is -2.83. The molecule has 8 heteroatoms. The maximum atomic E-state index is 12.1. The molecule has 0 fully saturated rings. The summed E-state index contributed by atoms with van der Waals surface area (Å²) in [5, 5.41) is 2.17. The van der Waals surface area contributed by atoms with Crippen molar-refractivity contribution in [3.63, 3.8) is 0 Å². The van der Waals surface area contributed by atoms with Gasteiger partial charge in [-0.3, -0.25) is 4.79 Å². The number of nitrogens with two attached hydrogens (primary N) is 1. The van der Waals surface area contributed by atoms with Crippen molar-refractivity contribution < 1.29 is 4.79 Å². The van der Waals surface area contributed by atoms with E-state index in [0.717, 1.165) is 46.9 Å². The highest BCUT2D eigenvalue weighted by Crippen LogP contribution is 2.27. The van der Waals surface area contributed by atoms with Crippen LogP contribution in [0.5, 0.6) is 0 Å². The lowest BCUT2D eigenvalue weighted by Gasteiger charge is -2.21. The van der Waals surface area contributed by atoms with Crippen LogP contribution in [0.15, 0.2) is 48.8 Å². The molecule has 2 aromatic heterocycles. The Morgan fingerprint density at radius 1 is 1.13 bits per heavy atom. The number of carbonyl (C=O) groups excluding carboxylic acids is 1. The molecule has 0 atom stereocenters. The number of nitrogens with zero attached hydrogens (tertiary/aromatic N) is 4. The molecule has 6 nitrogen and oxygen atoms in total. The minimum Gasteiger partial charge on any atom is -0.382 e. The molecule has 0 unspecified atom stereocenters. The smallest absolute Gasteiger partial charge is 0.219 e. The number of aryl methyl sites for hydroxylation is 1. The van der Waals surface area contributed by atoms with Crippen molar-refractivity contribution in [1.29, 1.82) is 0 Å². The van der Waals surface area contributed by atoms with E-state index < -0.39 is 0 Å². The summed E-state index contributed by atoms with van der Waals surface area (Å²) in [6.45, 7) is 3.49. The van der Waals surface area contributed by atoms with Gasteiger partial charge in [-0.15, -0.1) is 0 Å². The first-order valence-corrected chi connectivity index (χ1v) is 10.9. The molecule has 0 saturated heterocycles. The number of hydrogen-bond acceptors (Lipinski definition) is 4. The number of amides is 1. The van der Waals surface area contributed by atoms with Gasteiger partial charge in [0.25, 0.3) is 0 Å². The van der Waals surface area contributed by atoms with Gasteiger partial charge in [0, 0.05) is 42.0 Å². The third kappa shape index (κ3) is 4.75. The number of aromatic nitrogens is 3. The molecule has 2 aromatic carbocycles. The van der Waals surface area contributed by atoms with Crippen molar-refractivity contribution in [1.82, 2.24) is 19.4 Å². The number of rotatable bonds is 7. The highest BCUT2D eigenvalue weighted by molar-refractivity contribution is 6.34. The summed E-state index contributed by atoms with van der Waals surface area (Å²) >= 11 is 12.2. The summed E-state index contributed by atoms with van der Waals surface area (Å²) in [6.07, 6.45) is 3.56. The molecule has 31 heavy (non-hydrogen) atoms. The Morgan fingerprint density at radius 2 is 1.87 bits per heavy atom. The summed E-state index contributed by atoms with van der Waals surface area (Å²) in [7, 11) is 0. The zero-order valence-corrected chi connectivity index (χ0v) is 18.7. The molecule has 160 valence electrons. The predicted octanol–water partition coefficient (Wildman–Crippen LogP) is 5.30. The van der Waals surface area contributed by atoms with Gasteiger partial charge in [-0.1, -0.05) is 41.4 Å². The number of hydrogen-bond donors (Lipinski definition) is 1. The van der Waals surface area contributed by atoms with Crippen LogP contribution in [0, 0.1) is 0 Å². The van der Waals surface area contributed by atoms with E-state index in [4.69, 9.17) is 28.9 Å². The molecule has 0 aliphatic heterocycles. The van der Waals surface area contributed by atoms with Crippen LogP contribution in [0.1, 0.15) is 25.3 Å². The number of fused-ring (bicyclic) bond motifs is 3. The second-order valence-corrected chi connectivity index (χ2v) is 8.45. The number of halogens is 2. The number of unbranched alkanes of at least 4 members (excludes halogenated alkanes) is 1. The quantitative estimate of drug-likeness (QED) is 0.383. The molecule has 0 saturated carbocycles. The molecule has 2 heterocycles. The summed E-state index contributed by atoms with van der Waals surface area (Å²) in [5.41, 5.74) is 9.61. The molecule has 0 aliphatic carbocycles. The number of carbonyl (C=O) groups is 1. The molecular formula is C23H23Cl2N5O. The zero-order chi connectivity index (χ0) is 22.0. The van der Waals surface area contributed by atoms with Crippen LogP contribution in [0.2, 0.25) is 10.0 Å². The highest BCUT2D eigenvalue weighted by Gasteiger charge is 2.13. The number of nitrogen functional groups attached to an aromatic ring is 1. The molecule has 1 amide bonds. The van der Waals surface area contributed by atoms with Gasteiger partial charge >= 0.3 is 0 Å². The van der Waals surface area contributed by atoms with Crippen molar-refractivity contribution >= 4 is 56.9 Å². The standard InChI is InChI=1S/C23H23Cl2N5O/c1-15(31)29(13-16-10-17(24)12-18(25)11-16)8-4-5-9-30-14-27-21-22(30)19-6-2-3-7-20(19)28-23(21)26/h2-3,6-7,10-12,14H,4-5,8-9,13H2,1H3,(H2,26,28). The molecular weight excluding hydrogens is 433 g/mol. The van der Waals surface area contributed by atoms with Gasteiger partial charge in [-0.2, -0.15) is 0 Å². The number of pyridine rings is 1. The van der Waals surface area contributed by atoms with Gasteiger partial charge in [0.1, 0.15) is 5.52 Å². The van der Waals surface area contributed by atoms with Crippen molar-refractivity contribution in [3.8, 4) is 0 Å². The predicted molar refractivity (Wildman–Crippen MR) is 126 cm³/mol. The van der Waals surface area contributed by atoms with Gasteiger partial charge in [0.15, 0.2) is 5.82 Å². The molecule has 2 N–H and O–H groups in total. The van der Waals surface area contributed by atoms with Gasteiger partial charge in [-0.05, 0) is 42.7 Å². The molecule has 4 aromatic rings. The number of anilines is 1. The average Bonchev–Trinajstić information content (AvgIpc) is 3.14. The van der Waals surface area contributed by atoms with Crippen LogP contribution >= 0.6 is 23.2 Å². The van der Waals surface area contributed by atoms with Crippen LogP contribution in [-0.4, -0.2) is 31.9 Å². The summed E-state index contributed by atoms with van der Waals surface area (Å²) in [6, 6.07) is 13.3. The topological polar surface area (TPSA) is 77.0 Å². The number of benzene rings is 2. The first-order valence-electron chi connectivity index (χ1n) is 10.1. The number of para-hydroxylation sites is 1. The first-order chi connectivity index (χ1) is 14.9. The molecule has 0 spiro atoms. The zero-order valence-electron chi connectivity index (χ0n) is 17.2. The Balaban J connectivity index is 1.44. The minimum atomic E-state index is 0.0222. The van der Waals surface area contributed by atoms with Gasteiger partial charge < -0.3 is 15.2 Å². The third-order valence-electron chi connectivity index (χ3n) is 5.30.